The van der Waals surface area contributed by atoms with E-state index in [1.54, 1.807) is 37.3 Å². The average Bonchev–Trinajstić information content (AvgIpc) is 2.77. The third-order valence-electron chi connectivity index (χ3n) is 5.98. The molecule has 34 heavy (non-hydrogen) atoms. The molecule has 1 heterocycles. The van der Waals surface area contributed by atoms with Crippen LogP contribution in [0.3, 0.4) is 0 Å². The summed E-state index contributed by atoms with van der Waals surface area (Å²) in [7, 11) is 7.08. The van der Waals surface area contributed by atoms with Gasteiger partial charge in [0.1, 0.15) is 12.4 Å². The van der Waals surface area contributed by atoms with Gasteiger partial charge in [0.25, 0.3) is 5.91 Å². The summed E-state index contributed by atoms with van der Waals surface area (Å²) in [6.45, 7) is 7.26. The van der Waals surface area contributed by atoms with Crippen molar-refractivity contribution < 1.29 is 23.9 Å². The number of benzene rings is 1. The third kappa shape index (κ3) is 7.43. The number of nitrogens with one attached hydrogen (secondary N) is 1. The molecule has 0 saturated heterocycles. The van der Waals surface area contributed by atoms with E-state index in [0.29, 0.717) is 36.5 Å². The van der Waals surface area contributed by atoms with Crippen molar-refractivity contribution in [2.75, 3.05) is 59.8 Å². The van der Waals surface area contributed by atoms with Gasteiger partial charge in [0.15, 0.2) is 0 Å². The van der Waals surface area contributed by atoms with Crippen LogP contribution in [0.4, 0.5) is 5.69 Å². The van der Waals surface area contributed by atoms with Crippen LogP contribution in [-0.2, 0) is 14.3 Å². The van der Waals surface area contributed by atoms with Gasteiger partial charge in [-0.2, -0.15) is 0 Å². The zero-order valence-corrected chi connectivity index (χ0v) is 21.6. The van der Waals surface area contributed by atoms with Crippen LogP contribution in [0.5, 0.6) is 5.75 Å². The van der Waals surface area contributed by atoms with Crippen molar-refractivity contribution in [3.05, 3.63) is 23.8 Å². The third-order valence-corrected chi connectivity index (χ3v) is 5.98. The summed E-state index contributed by atoms with van der Waals surface area (Å²) >= 11 is 0. The van der Waals surface area contributed by atoms with Crippen molar-refractivity contribution >= 4 is 23.4 Å². The normalized spacial score (nSPS) is 21.9. The predicted molar refractivity (Wildman–Crippen MR) is 132 cm³/mol. The van der Waals surface area contributed by atoms with Crippen molar-refractivity contribution in [2.45, 2.75) is 45.8 Å². The molecular formula is C25H40N4O5. The Bertz CT molecular complexity index is 860. The molecule has 0 saturated carbocycles. The first-order chi connectivity index (χ1) is 16.1. The molecule has 0 unspecified atom stereocenters. The minimum atomic E-state index is -0.243. The largest absolute Gasteiger partial charge is 0.491 e. The smallest absolute Gasteiger partial charge is 0.257 e. The van der Waals surface area contributed by atoms with Gasteiger partial charge in [0.05, 0.1) is 24.3 Å². The minimum absolute atomic E-state index is 0.00358. The average molecular weight is 477 g/mol. The maximum absolute atomic E-state index is 13.3. The highest BCUT2D eigenvalue weighted by molar-refractivity contribution is 5.98. The molecule has 0 spiro atoms. The lowest BCUT2D eigenvalue weighted by Crippen LogP contribution is -2.50. The van der Waals surface area contributed by atoms with E-state index in [2.05, 4.69) is 5.32 Å². The highest BCUT2D eigenvalue weighted by Gasteiger charge is 2.30. The Kier molecular flexibility index (Phi) is 10.3. The Balaban J connectivity index is 2.42. The van der Waals surface area contributed by atoms with Crippen molar-refractivity contribution in [3.63, 3.8) is 0 Å². The highest BCUT2D eigenvalue weighted by atomic mass is 16.5. The molecule has 9 heteroatoms. The van der Waals surface area contributed by atoms with Crippen LogP contribution in [0.25, 0.3) is 0 Å². The number of ether oxygens (including phenoxy) is 2. The molecule has 3 amide bonds. The molecule has 2 rings (SSSR count). The van der Waals surface area contributed by atoms with Crippen LogP contribution in [0.15, 0.2) is 18.2 Å². The van der Waals surface area contributed by atoms with Gasteiger partial charge in [0, 0.05) is 51.3 Å². The zero-order valence-electron chi connectivity index (χ0n) is 21.6. The monoisotopic (exact) mass is 476 g/mol. The molecule has 1 aromatic rings. The van der Waals surface area contributed by atoms with Gasteiger partial charge >= 0.3 is 0 Å². The summed E-state index contributed by atoms with van der Waals surface area (Å²) in [6, 6.07) is 4.83. The molecule has 0 bridgehead atoms. The lowest BCUT2D eigenvalue weighted by Gasteiger charge is -2.36. The van der Waals surface area contributed by atoms with Gasteiger partial charge < -0.3 is 29.5 Å². The lowest BCUT2D eigenvalue weighted by molar-refractivity contribution is -0.136. The van der Waals surface area contributed by atoms with Crippen LogP contribution in [0.1, 0.15) is 44.0 Å². The van der Waals surface area contributed by atoms with Crippen LogP contribution in [-0.4, -0.2) is 99.1 Å². The van der Waals surface area contributed by atoms with E-state index in [1.807, 2.05) is 44.7 Å². The van der Waals surface area contributed by atoms with Crippen molar-refractivity contribution in [1.82, 2.24) is 14.7 Å². The van der Waals surface area contributed by atoms with Gasteiger partial charge in [-0.15, -0.1) is 0 Å². The fourth-order valence-electron chi connectivity index (χ4n) is 4.01. The summed E-state index contributed by atoms with van der Waals surface area (Å²) in [4.78, 5) is 43.7. The van der Waals surface area contributed by atoms with Gasteiger partial charge in [-0.3, -0.25) is 14.4 Å². The number of amides is 3. The van der Waals surface area contributed by atoms with E-state index in [1.165, 1.54) is 0 Å². The lowest BCUT2D eigenvalue weighted by atomic mass is 10.0. The van der Waals surface area contributed by atoms with E-state index in [4.69, 9.17) is 9.47 Å². The number of hydrogen-bond donors (Lipinski definition) is 1. The maximum atomic E-state index is 13.3. The zero-order chi connectivity index (χ0) is 25.4. The van der Waals surface area contributed by atoms with Gasteiger partial charge in [-0.25, -0.2) is 0 Å². The Hall–Kier alpha value is -2.65. The van der Waals surface area contributed by atoms with Crippen LogP contribution >= 0.6 is 0 Å². The first kappa shape index (κ1) is 27.6. The van der Waals surface area contributed by atoms with Gasteiger partial charge in [0.2, 0.25) is 11.8 Å². The molecule has 190 valence electrons. The predicted octanol–water partition coefficient (Wildman–Crippen LogP) is 2.32. The van der Waals surface area contributed by atoms with E-state index in [-0.39, 0.29) is 48.9 Å². The van der Waals surface area contributed by atoms with E-state index >= 15 is 0 Å². The van der Waals surface area contributed by atoms with E-state index < -0.39 is 0 Å². The molecular weight excluding hydrogens is 436 g/mol. The number of nitrogens with zero attached hydrogens (tertiary/aromatic N) is 3. The molecule has 0 aliphatic carbocycles. The van der Waals surface area contributed by atoms with Crippen LogP contribution in [0, 0.1) is 5.92 Å². The second kappa shape index (κ2) is 12.7. The van der Waals surface area contributed by atoms with E-state index in [0.717, 1.165) is 6.42 Å². The Morgan fingerprint density at radius 2 is 1.94 bits per heavy atom. The molecule has 9 nitrogen and oxygen atoms in total. The quantitative estimate of drug-likeness (QED) is 0.678. The fraction of sp³-hybridized carbons (Fsp3) is 0.640. The molecule has 1 N–H and O–H groups in total. The van der Waals surface area contributed by atoms with Crippen molar-refractivity contribution in [2.24, 2.45) is 5.92 Å². The van der Waals surface area contributed by atoms with Crippen LogP contribution < -0.4 is 10.1 Å². The summed E-state index contributed by atoms with van der Waals surface area (Å²) in [5.74, 6) is 0.101. The number of carbonyl (C=O) groups excluding carboxylic acids is 3. The topological polar surface area (TPSA) is 91.4 Å². The molecule has 3 atom stereocenters. The van der Waals surface area contributed by atoms with E-state index in [9.17, 15) is 14.4 Å². The number of fused-ring (bicyclic) bond motifs is 1. The Morgan fingerprint density at radius 1 is 1.24 bits per heavy atom. The fourth-order valence-corrected chi connectivity index (χ4v) is 4.01. The Morgan fingerprint density at radius 3 is 2.56 bits per heavy atom. The highest BCUT2D eigenvalue weighted by Crippen LogP contribution is 2.27. The number of likely N-dealkylation sites (N-methyl/N-ethyl adjacent to an activating group) is 2. The standard InChI is InChI=1S/C25H40N4O5/c1-8-9-23(30)26-19-10-11-20-21(12-19)34-16-18(3)29(24(31)15-27(4)5)13-17(2)22(33-7)14-28(6)25(20)32/h10-12,17-18,22H,8-9,13-16H2,1-7H3,(H,26,30)/t17-,18+,22-/m1/s1. The number of methoxy groups -OCH3 is 1. The molecule has 0 radical (unpaired) electrons. The summed E-state index contributed by atoms with van der Waals surface area (Å²) < 4.78 is 11.8. The molecule has 1 aliphatic rings. The van der Waals surface area contributed by atoms with Crippen molar-refractivity contribution in [3.8, 4) is 5.75 Å². The summed E-state index contributed by atoms with van der Waals surface area (Å²) in [6.07, 6.45) is 0.910. The second-order valence-electron chi connectivity index (χ2n) is 9.39. The van der Waals surface area contributed by atoms with Gasteiger partial charge in [-0.05, 0) is 39.6 Å². The number of carbonyl (C=O) groups is 3. The molecule has 1 aromatic carbocycles. The van der Waals surface area contributed by atoms with Gasteiger partial charge in [-0.1, -0.05) is 13.8 Å². The first-order valence-electron chi connectivity index (χ1n) is 11.9. The first-order valence-corrected chi connectivity index (χ1v) is 11.9. The van der Waals surface area contributed by atoms with Crippen molar-refractivity contribution in [1.29, 1.82) is 0 Å². The number of anilines is 1. The maximum Gasteiger partial charge on any atom is 0.257 e. The Labute approximate surface area is 203 Å². The molecule has 0 aromatic heterocycles. The summed E-state index contributed by atoms with van der Waals surface area (Å²) in [5.41, 5.74) is 0.966. The van der Waals surface area contributed by atoms with Crippen LogP contribution in [0.2, 0.25) is 0 Å². The minimum Gasteiger partial charge on any atom is -0.491 e. The molecule has 1 aliphatic heterocycles. The molecule has 0 fully saturated rings. The number of hydrogen-bond acceptors (Lipinski definition) is 6. The second-order valence-corrected chi connectivity index (χ2v) is 9.39. The SMILES string of the molecule is CCCC(=O)Nc1ccc2c(c1)OC[C@H](C)N(C(=O)CN(C)C)C[C@@H](C)[C@H](OC)CN(C)C2=O. The number of rotatable bonds is 6. The summed E-state index contributed by atoms with van der Waals surface area (Å²) in [5, 5.41) is 2.85.